The Morgan fingerprint density at radius 2 is 2.11 bits per heavy atom. The van der Waals surface area contributed by atoms with Crippen molar-refractivity contribution in [1.29, 1.82) is 0 Å². The molecule has 0 saturated heterocycles. The highest BCUT2D eigenvalue weighted by molar-refractivity contribution is 7.98. The Morgan fingerprint density at radius 3 is 2.63 bits per heavy atom. The smallest absolute Gasteiger partial charge is 0.326 e. The van der Waals surface area contributed by atoms with E-state index in [1.54, 1.807) is 23.5 Å². The molecular formula is C13H17NO3S2. The van der Waals surface area contributed by atoms with E-state index in [2.05, 4.69) is 29.6 Å². The molecular weight excluding hydrogens is 282 g/mol. The minimum atomic E-state index is -0.989. The first-order chi connectivity index (χ1) is 9.17. The third-order valence-electron chi connectivity index (χ3n) is 2.55. The zero-order chi connectivity index (χ0) is 14.1. The molecule has 0 aliphatic heterocycles. The van der Waals surface area contributed by atoms with Crippen LogP contribution in [-0.4, -0.2) is 35.5 Å². The first-order valence-electron chi connectivity index (χ1n) is 5.80. The molecule has 1 atom stereocenters. The van der Waals surface area contributed by atoms with Gasteiger partial charge in [-0.25, -0.2) is 4.79 Å². The maximum atomic E-state index is 10.8. The number of hydrogen-bond donors (Lipinski definition) is 2. The van der Waals surface area contributed by atoms with Crippen molar-refractivity contribution in [3.63, 3.8) is 0 Å². The van der Waals surface area contributed by atoms with E-state index in [9.17, 15) is 9.59 Å². The van der Waals surface area contributed by atoms with E-state index in [0.717, 1.165) is 5.75 Å². The summed E-state index contributed by atoms with van der Waals surface area (Å²) in [4.78, 5) is 22.3. The Morgan fingerprint density at radius 1 is 1.42 bits per heavy atom. The number of nitrogens with one attached hydrogen (secondary N) is 1. The second-order valence-corrected chi connectivity index (χ2v) is 5.85. The van der Waals surface area contributed by atoms with E-state index in [1.807, 2.05) is 6.26 Å². The molecule has 1 unspecified atom stereocenters. The predicted molar refractivity (Wildman–Crippen MR) is 79.6 cm³/mol. The Bertz CT molecular complexity index is 409. The monoisotopic (exact) mass is 299 g/mol. The maximum absolute atomic E-state index is 10.8. The fourth-order valence-corrected chi connectivity index (χ4v) is 2.86. The van der Waals surface area contributed by atoms with Crippen LogP contribution < -0.4 is 5.32 Å². The van der Waals surface area contributed by atoms with Gasteiger partial charge in [0.05, 0.1) is 0 Å². The van der Waals surface area contributed by atoms with Crippen LogP contribution in [0.4, 0.5) is 0 Å². The Balaban J connectivity index is 2.29. The molecule has 0 spiro atoms. The molecule has 2 N–H and O–H groups in total. The fourth-order valence-electron chi connectivity index (χ4n) is 1.47. The SMILES string of the molecule is CSc1ccc(CSCCC(NC=O)C(=O)O)cc1. The van der Waals surface area contributed by atoms with Gasteiger partial charge in [-0.2, -0.15) is 11.8 Å². The van der Waals surface area contributed by atoms with Crippen LogP contribution in [-0.2, 0) is 15.3 Å². The highest BCUT2D eigenvalue weighted by atomic mass is 32.2. The molecule has 1 rings (SSSR count). The van der Waals surface area contributed by atoms with Crippen molar-refractivity contribution in [2.24, 2.45) is 0 Å². The second kappa shape index (κ2) is 8.87. The van der Waals surface area contributed by atoms with Crippen LogP contribution in [0.5, 0.6) is 0 Å². The van der Waals surface area contributed by atoms with Crippen molar-refractivity contribution in [3.05, 3.63) is 29.8 Å². The van der Waals surface area contributed by atoms with Crippen LogP contribution in [0.25, 0.3) is 0 Å². The lowest BCUT2D eigenvalue weighted by Crippen LogP contribution is -2.36. The number of hydrogen-bond acceptors (Lipinski definition) is 4. The molecule has 104 valence electrons. The number of thioether (sulfide) groups is 2. The number of benzene rings is 1. The van der Waals surface area contributed by atoms with Crippen molar-refractivity contribution in [2.45, 2.75) is 23.1 Å². The number of carboxylic acids is 1. The number of rotatable bonds is 9. The van der Waals surface area contributed by atoms with Crippen molar-refractivity contribution >= 4 is 35.9 Å². The van der Waals surface area contributed by atoms with Gasteiger partial charge in [-0.1, -0.05) is 12.1 Å². The summed E-state index contributed by atoms with van der Waals surface area (Å²) in [7, 11) is 0. The third kappa shape index (κ3) is 6.02. The average molecular weight is 299 g/mol. The number of amides is 1. The van der Waals surface area contributed by atoms with Crippen LogP contribution in [0.1, 0.15) is 12.0 Å². The summed E-state index contributed by atoms with van der Waals surface area (Å²) in [6, 6.07) is 7.53. The summed E-state index contributed by atoms with van der Waals surface area (Å²) in [5.41, 5.74) is 1.22. The van der Waals surface area contributed by atoms with Gasteiger partial charge in [-0.3, -0.25) is 4.79 Å². The van der Waals surface area contributed by atoms with Gasteiger partial charge in [0.25, 0.3) is 0 Å². The van der Waals surface area contributed by atoms with Crippen LogP contribution in [0, 0.1) is 0 Å². The van der Waals surface area contributed by atoms with E-state index in [4.69, 9.17) is 5.11 Å². The van der Waals surface area contributed by atoms with Crippen LogP contribution in [0.2, 0.25) is 0 Å². The fraction of sp³-hybridized carbons (Fsp3) is 0.385. The first-order valence-corrected chi connectivity index (χ1v) is 8.18. The van der Waals surface area contributed by atoms with Crippen LogP contribution in [0.3, 0.4) is 0 Å². The minimum Gasteiger partial charge on any atom is -0.480 e. The van der Waals surface area contributed by atoms with Gasteiger partial charge in [0, 0.05) is 10.6 Å². The van der Waals surface area contributed by atoms with E-state index in [-0.39, 0.29) is 0 Å². The maximum Gasteiger partial charge on any atom is 0.326 e. The number of carbonyl (C=O) groups is 2. The Kier molecular flexibility index (Phi) is 7.43. The molecule has 6 heteroatoms. The van der Waals surface area contributed by atoms with Gasteiger partial charge in [0.1, 0.15) is 6.04 Å². The molecule has 0 aliphatic rings. The van der Waals surface area contributed by atoms with Gasteiger partial charge in [0.15, 0.2) is 0 Å². The summed E-state index contributed by atoms with van der Waals surface area (Å²) in [6.45, 7) is 0. The number of carboxylic acid groups (broad SMARTS) is 1. The molecule has 1 aromatic rings. The quantitative estimate of drug-likeness (QED) is 0.416. The molecule has 0 radical (unpaired) electrons. The van der Waals surface area contributed by atoms with Crippen molar-refractivity contribution in [3.8, 4) is 0 Å². The molecule has 0 aliphatic carbocycles. The lowest BCUT2D eigenvalue weighted by molar-refractivity contribution is -0.140. The molecule has 4 nitrogen and oxygen atoms in total. The van der Waals surface area contributed by atoms with Crippen molar-refractivity contribution < 1.29 is 14.7 Å². The van der Waals surface area contributed by atoms with E-state index in [1.165, 1.54) is 10.5 Å². The second-order valence-electron chi connectivity index (χ2n) is 3.86. The number of aliphatic carboxylic acids is 1. The van der Waals surface area contributed by atoms with E-state index < -0.39 is 12.0 Å². The highest BCUT2D eigenvalue weighted by Gasteiger charge is 2.15. The molecule has 0 bridgehead atoms. The Labute approximate surface area is 121 Å². The van der Waals surface area contributed by atoms with Gasteiger partial charge in [-0.05, 0) is 36.1 Å². The summed E-state index contributed by atoms with van der Waals surface area (Å²) >= 11 is 3.37. The average Bonchev–Trinajstić information content (AvgIpc) is 2.42. The lowest BCUT2D eigenvalue weighted by Gasteiger charge is -2.10. The highest BCUT2D eigenvalue weighted by Crippen LogP contribution is 2.18. The largest absolute Gasteiger partial charge is 0.480 e. The minimum absolute atomic E-state index is 0.432. The van der Waals surface area contributed by atoms with Crippen molar-refractivity contribution in [1.82, 2.24) is 5.32 Å². The van der Waals surface area contributed by atoms with Gasteiger partial charge >= 0.3 is 5.97 Å². The summed E-state index contributed by atoms with van der Waals surface area (Å²) < 4.78 is 0. The summed E-state index contributed by atoms with van der Waals surface area (Å²) in [6.07, 6.45) is 2.90. The predicted octanol–water partition coefficient (Wildman–Crippen LogP) is 2.23. The zero-order valence-corrected chi connectivity index (χ0v) is 12.3. The molecule has 0 fully saturated rings. The van der Waals surface area contributed by atoms with Crippen LogP contribution in [0.15, 0.2) is 29.2 Å². The van der Waals surface area contributed by atoms with Crippen LogP contribution >= 0.6 is 23.5 Å². The third-order valence-corrected chi connectivity index (χ3v) is 4.35. The molecule has 19 heavy (non-hydrogen) atoms. The Hall–Kier alpha value is -1.14. The van der Waals surface area contributed by atoms with Gasteiger partial charge < -0.3 is 10.4 Å². The molecule has 0 saturated carbocycles. The van der Waals surface area contributed by atoms with Crippen molar-refractivity contribution in [2.75, 3.05) is 12.0 Å². The van der Waals surface area contributed by atoms with Gasteiger partial charge in [-0.15, -0.1) is 11.8 Å². The molecule has 0 heterocycles. The lowest BCUT2D eigenvalue weighted by atomic mass is 10.2. The first kappa shape index (κ1) is 15.9. The standard InChI is InChI=1S/C13H17NO3S2/c1-18-11-4-2-10(3-5-11)8-19-7-6-12(13(16)17)14-9-15/h2-5,9,12H,6-8H2,1H3,(H,14,15)(H,16,17). The summed E-state index contributed by atoms with van der Waals surface area (Å²) in [5, 5.41) is 11.1. The normalized spacial score (nSPS) is 11.8. The van der Waals surface area contributed by atoms with Gasteiger partial charge in [0.2, 0.25) is 6.41 Å². The molecule has 0 aromatic heterocycles. The van der Waals surface area contributed by atoms with E-state index >= 15 is 0 Å². The summed E-state index contributed by atoms with van der Waals surface area (Å²) in [5.74, 6) is 0.557. The topological polar surface area (TPSA) is 66.4 Å². The molecule has 1 aromatic carbocycles. The number of carbonyl (C=O) groups excluding carboxylic acids is 1. The molecule has 1 amide bonds. The zero-order valence-electron chi connectivity index (χ0n) is 10.7. The van der Waals surface area contributed by atoms with E-state index in [0.29, 0.717) is 18.6 Å².